The van der Waals surface area contributed by atoms with Crippen LogP contribution in [0.1, 0.15) is 5.69 Å². The Morgan fingerprint density at radius 1 is 1.43 bits per heavy atom. The van der Waals surface area contributed by atoms with Crippen LogP contribution in [0, 0.1) is 0 Å². The van der Waals surface area contributed by atoms with Crippen LogP contribution >= 0.6 is 46.9 Å². The molecule has 1 aromatic carbocycles. The minimum absolute atomic E-state index is 0.458. The van der Waals surface area contributed by atoms with Crippen molar-refractivity contribution < 1.29 is 0 Å². The third-order valence-corrected chi connectivity index (χ3v) is 5.18. The van der Waals surface area contributed by atoms with E-state index in [2.05, 4.69) is 20.8 Å². The Morgan fingerprint density at radius 3 is 2.96 bits per heavy atom. The molecule has 0 unspecified atom stereocenters. The number of nitrogens with zero attached hydrogens (tertiary/aromatic N) is 3. The molecule has 2 heterocycles. The van der Waals surface area contributed by atoms with Gasteiger partial charge in [-0.2, -0.15) is 5.10 Å². The monoisotopic (exact) mass is 381 g/mol. The van der Waals surface area contributed by atoms with E-state index in [1.54, 1.807) is 36.4 Å². The van der Waals surface area contributed by atoms with Crippen LogP contribution in [-0.2, 0) is 0 Å². The summed E-state index contributed by atoms with van der Waals surface area (Å²) in [6.07, 6.45) is 3.69. The Bertz CT molecular complexity index is 853. The van der Waals surface area contributed by atoms with Gasteiger partial charge in [0.2, 0.25) is 0 Å². The second kappa shape index (κ2) is 7.31. The average Bonchev–Trinajstić information content (AvgIpc) is 3.12. The van der Waals surface area contributed by atoms with Gasteiger partial charge >= 0.3 is 0 Å². The van der Waals surface area contributed by atoms with E-state index in [-0.39, 0.29) is 0 Å². The van der Waals surface area contributed by atoms with Gasteiger partial charge < -0.3 is 5.32 Å². The molecule has 0 spiro atoms. The molecule has 2 N–H and O–H groups in total. The number of imidazole rings is 1. The van der Waals surface area contributed by atoms with E-state index in [1.165, 1.54) is 0 Å². The van der Waals surface area contributed by atoms with Crippen molar-refractivity contribution >= 4 is 63.2 Å². The van der Waals surface area contributed by atoms with Gasteiger partial charge in [0.1, 0.15) is 10.7 Å². The van der Waals surface area contributed by atoms with Crippen molar-refractivity contribution in [1.29, 1.82) is 0 Å². The lowest BCUT2D eigenvalue weighted by molar-refractivity contribution is 0.977. The second-order valence-electron chi connectivity index (χ2n) is 4.36. The molecule has 2 aromatic heterocycles. The quantitative estimate of drug-likeness (QED) is 0.410. The first-order chi connectivity index (χ1) is 11.2. The predicted molar refractivity (Wildman–Crippen MR) is 101 cm³/mol. The molecule has 0 aliphatic heterocycles. The third-order valence-electron chi connectivity index (χ3n) is 2.87. The molecule has 0 aliphatic rings. The number of aromatic nitrogens is 2. The fraction of sp³-hybridized carbons (Fsp3) is 0.0714. The Kier molecular flexibility index (Phi) is 5.16. The van der Waals surface area contributed by atoms with Gasteiger partial charge in [0, 0.05) is 28.5 Å². The zero-order valence-corrected chi connectivity index (χ0v) is 15.2. The summed E-state index contributed by atoms with van der Waals surface area (Å²) >= 11 is 14.1. The first-order valence-electron chi connectivity index (χ1n) is 6.57. The highest BCUT2D eigenvalue weighted by Crippen LogP contribution is 2.31. The minimum atomic E-state index is 0.458. The topological polar surface area (TPSA) is 53.7 Å². The second-order valence-corrected chi connectivity index (χ2v) is 7.14. The first kappa shape index (κ1) is 16.3. The Morgan fingerprint density at radius 2 is 2.22 bits per heavy atom. The number of nitrogens with one attached hydrogen (secondary N) is 2. The Hall–Kier alpha value is -1.61. The number of thiazole rings is 1. The van der Waals surface area contributed by atoms with Crippen LogP contribution in [0.3, 0.4) is 0 Å². The summed E-state index contributed by atoms with van der Waals surface area (Å²) in [7, 11) is 1.74. The number of hydrazone groups is 1. The number of halogens is 1. The van der Waals surface area contributed by atoms with Crippen molar-refractivity contribution in [1.82, 2.24) is 20.1 Å². The maximum atomic E-state index is 5.93. The Labute approximate surface area is 151 Å². The molecule has 0 fully saturated rings. The zero-order chi connectivity index (χ0) is 16.2. The largest absolute Gasteiger partial charge is 0.364 e. The van der Waals surface area contributed by atoms with E-state index in [0.717, 1.165) is 20.6 Å². The van der Waals surface area contributed by atoms with E-state index in [0.29, 0.717) is 10.1 Å². The van der Waals surface area contributed by atoms with E-state index in [4.69, 9.17) is 23.8 Å². The standard InChI is InChI=1S/C14H12ClN5S3/c1-16-13(21)19-17-8-11-12(18-14-20(11)6-7-22-14)23-10-4-2-9(15)3-5-10/h2-8H,1H3,(H2,16,19,21)/b17-8-. The van der Waals surface area contributed by atoms with Crippen LogP contribution in [0.25, 0.3) is 4.96 Å². The van der Waals surface area contributed by atoms with Crippen molar-refractivity contribution in [3.8, 4) is 0 Å². The number of fused-ring (bicyclic) bond motifs is 1. The van der Waals surface area contributed by atoms with Crippen LogP contribution in [0.15, 0.2) is 50.9 Å². The maximum Gasteiger partial charge on any atom is 0.195 e. The lowest BCUT2D eigenvalue weighted by atomic mass is 10.4. The minimum Gasteiger partial charge on any atom is -0.364 e. The normalized spacial score (nSPS) is 11.2. The number of benzene rings is 1. The summed E-state index contributed by atoms with van der Waals surface area (Å²) in [6.45, 7) is 0. The van der Waals surface area contributed by atoms with Crippen molar-refractivity contribution in [3.05, 3.63) is 46.6 Å². The molecule has 3 aromatic rings. The molecule has 5 nitrogen and oxygen atoms in total. The van der Waals surface area contributed by atoms with Gasteiger partial charge in [-0.15, -0.1) is 11.3 Å². The average molecular weight is 382 g/mol. The predicted octanol–water partition coefficient (Wildman–Crippen LogP) is 3.63. The molecular formula is C14H12ClN5S3. The van der Waals surface area contributed by atoms with Crippen LogP contribution < -0.4 is 10.7 Å². The number of hydrogen-bond donors (Lipinski definition) is 2. The Balaban J connectivity index is 1.90. The summed E-state index contributed by atoms with van der Waals surface area (Å²) in [5, 5.41) is 11.0. The van der Waals surface area contributed by atoms with Crippen LogP contribution in [0.2, 0.25) is 5.02 Å². The molecule has 0 amide bonds. The molecule has 118 valence electrons. The fourth-order valence-electron chi connectivity index (χ4n) is 1.80. The summed E-state index contributed by atoms with van der Waals surface area (Å²) in [6, 6.07) is 7.66. The van der Waals surface area contributed by atoms with Crippen molar-refractivity contribution in [2.45, 2.75) is 9.92 Å². The summed E-state index contributed by atoms with van der Waals surface area (Å²) < 4.78 is 2.00. The van der Waals surface area contributed by atoms with Gasteiger partial charge in [0.15, 0.2) is 10.1 Å². The highest BCUT2D eigenvalue weighted by molar-refractivity contribution is 7.99. The number of rotatable bonds is 4. The van der Waals surface area contributed by atoms with Crippen molar-refractivity contribution in [2.24, 2.45) is 5.10 Å². The van der Waals surface area contributed by atoms with Crippen LogP contribution in [0.5, 0.6) is 0 Å². The highest BCUT2D eigenvalue weighted by atomic mass is 35.5. The molecular weight excluding hydrogens is 370 g/mol. The van der Waals surface area contributed by atoms with Gasteiger partial charge in [-0.25, -0.2) is 4.98 Å². The number of hydrogen-bond acceptors (Lipinski definition) is 5. The SMILES string of the molecule is CNC(=S)N/N=C\c1c(Sc2ccc(Cl)cc2)nc2sccn12. The van der Waals surface area contributed by atoms with Crippen molar-refractivity contribution in [3.63, 3.8) is 0 Å². The third kappa shape index (κ3) is 3.84. The van der Waals surface area contributed by atoms with E-state index in [9.17, 15) is 0 Å². The molecule has 0 radical (unpaired) electrons. The smallest absolute Gasteiger partial charge is 0.195 e. The molecule has 0 bridgehead atoms. The molecule has 3 rings (SSSR count). The van der Waals surface area contributed by atoms with Gasteiger partial charge in [-0.1, -0.05) is 23.4 Å². The summed E-state index contributed by atoms with van der Waals surface area (Å²) in [4.78, 5) is 6.63. The van der Waals surface area contributed by atoms with Gasteiger partial charge in [-0.05, 0) is 36.5 Å². The van der Waals surface area contributed by atoms with Gasteiger partial charge in [-0.3, -0.25) is 9.83 Å². The molecule has 0 aliphatic carbocycles. The highest BCUT2D eigenvalue weighted by Gasteiger charge is 2.13. The van der Waals surface area contributed by atoms with E-state index < -0.39 is 0 Å². The first-order valence-corrected chi connectivity index (χ1v) is 9.05. The molecule has 23 heavy (non-hydrogen) atoms. The lowest BCUT2D eigenvalue weighted by Crippen LogP contribution is -2.28. The lowest BCUT2D eigenvalue weighted by Gasteiger charge is -2.02. The molecule has 0 atom stereocenters. The molecule has 9 heteroatoms. The zero-order valence-electron chi connectivity index (χ0n) is 12.0. The van der Waals surface area contributed by atoms with Crippen LogP contribution in [-0.4, -0.2) is 27.8 Å². The van der Waals surface area contributed by atoms with E-state index >= 15 is 0 Å². The summed E-state index contributed by atoms with van der Waals surface area (Å²) in [5.74, 6) is 0. The number of thiocarbonyl (C=S) groups is 1. The van der Waals surface area contributed by atoms with Gasteiger partial charge in [0.05, 0.1) is 6.21 Å². The van der Waals surface area contributed by atoms with E-state index in [1.807, 2.05) is 40.2 Å². The summed E-state index contributed by atoms with van der Waals surface area (Å²) in [5.41, 5.74) is 3.65. The van der Waals surface area contributed by atoms with Gasteiger partial charge in [0.25, 0.3) is 0 Å². The fourth-order valence-corrected chi connectivity index (χ4v) is 3.64. The molecule has 0 saturated carbocycles. The van der Waals surface area contributed by atoms with Crippen LogP contribution in [0.4, 0.5) is 0 Å². The molecule has 0 saturated heterocycles. The van der Waals surface area contributed by atoms with Crippen molar-refractivity contribution in [2.75, 3.05) is 7.05 Å². The maximum absolute atomic E-state index is 5.93.